The van der Waals surface area contributed by atoms with Crippen LogP contribution in [0.4, 0.5) is 0 Å². The fourth-order valence-corrected chi connectivity index (χ4v) is 1.42. The zero-order chi connectivity index (χ0) is 9.42. The molecule has 0 spiro atoms. The molecule has 0 aromatic carbocycles. The summed E-state index contributed by atoms with van der Waals surface area (Å²) >= 11 is 3.26. The molecule has 0 aliphatic carbocycles. The van der Waals surface area contributed by atoms with Crippen LogP contribution in [0, 0.1) is 0 Å². The first-order valence-electron chi connectivity index (χ1n) is 3.85. The summed E-state index contributed by atoms with van der Waals surface area (Å²) in [5.41, 5.74) is 1.39. The van der Waals surface area contributed by atoms with Crippen LogP contribution in [0.5, 0.6) is 0 Å². The van der Waals surface area contributed by atoms with Gasteiger partial charge in [0.05, 0.1) is 18.0 Å². The van der Waals surface area contributed by atoms with E-state index in [1.165, 1.54) is 0 Å². The van der Waals surface area contributed by atoms with Crippen molar-refractivity contribution in [1.29, 1.82) is 0 Å². The molecule has 0 amide bonds. The average molecular weight is 242 g/mol. The minimum absolute atomic E-state index is 0.543. The fraction of sp³-hybridized carbons (Fsp3) is 0.250. The Labute approximate surface area is 83.4 Å². The van der Waals surface area contributed by atoms with E-state index in [1.807, 2.05) is 4.40 Å². The summed E-state index contributed by atoms with van der Waals surface area (Å²) in [6.45, 7) is 1.68. The number of aliphatic hydroxyl groups excluding tert-OH is 1. The number of halogens is 1. The molecule has 0 saturated heterocycles. The van der Waals surface area contributed by atoms with Gasteiger partial charge in [-0.05, 0) is 22.9 Å². The standard InChI is InChI=1S/C8H8BrN3O/c1-5(13)6-3-12-4-7(9)10-2-8(12)11-6/h2-5,13H,1H3. The summed E-state index contributed by atoms with van der Waals surface area (Å²) in [5.74, 6) is 0. The van der Waals surface area contributed by atoms with Crippen molar-refractivity contribution in [2.75, 3.05) is 0 Å². The van der Waals surface area contributed by atoms with Crippen LogP contribution in [0.2, 0.25) is 0 Å². The molecule has 0 aliphatic rings. The molecule has 2 aromatic rings. The largest absolute Gasteiger partial charge is 0.387 e. The Bertz CT molecular complexity index is 438. The Morgan fingerprint density at radius 1 is 1.54 bits per heavy atom. The molecule has 0 fully saturated rings. The third-order valence-corrected chi connectivity index (χ3v) is 2.17. The van der Waals surface area contributed by atoms with Crippen LogP contribution in [-0.2, 0) is 0 Å². The van der Waals surface area contributed by atoms with Crippen molar-refractivity contribution < 1.29 is 5.11 Å². The Balaban J connectivity index is 2.62. The van der Waals surface area contributed by atoms with E-state index in [0.717, 1.165) is 10.3 Å². The minimum atomic E-state index is -0.543. The zero-order valence-corrected chi connectivity index (χ0v) is 8.56. The van der Waals surface area contributed by atoms with E-state index < -0.39 is 6.10 Å². The van der Waals surface area contributed by atoms with Gasteiger partial charge in [-0.15, -0.1) is 0 Å². The van der Waals surface area contributed by atoms with Crippen LogP contribution < -0.4 is 0 Å². The van der Waals surface area contributed by atoms with Crippen molar-refractivity contribution >= 4 is 21.6 Å². The number of hydrogen-bond donors (Lipinski definition) is 1. The molecule has 1 atom stereocenters. The number of aromatic nitrogens is 3. The second kappa shape index (κ2) is 3.08. The van der Waals surface area contributed by atoms with Crippen molar-refractivity contribution in [2.24, 2.45) is 0 Å². The van der Waals surface area contributed by atoms with Gasteiger partial charge < -0.3 is 9.51 Å². The second-order valence-electron chi connectivity index (χ2n) is 2.82. The highest BCUT2D eigenvalue weighted by Crippen LogP contribution is 2.13. The Morgan fingerprint density at radius 2 is 2.31 bits per heavy atom. The highest BCUT2D eigenvalue weighted by Gasteiger charge is 2.06. The predicted octanol–water partition coefficient (Wildman–Crippen LogP) is 1.55. The smallest absolute Gasteiger partial charge is 0.155 e. The second-order valence-corrected chi connectivity index (χ2v) is 3.63. The van der Waals surface area contributed by atoms with Crippen LogP contribution in [-0.4, -0.2) is 19.5 Å². The molecule has 0 aliphatic heterocycles. The van der Waals surface area contributed by atoms with Crippen molar-refractivity contribution in [1.82, 2.24) is 14.4 Å². The molecule has 2 heterocycles. The number of fused-ring (bicyclic) bond motifs is 1. The normalized spacial score (nSPS) is 13.5. The van der Waals surface area contributed by atoms with Gasteiger partial charge in [0.2, 0.25) is 0 Å². The number of rotatable bonds is 1. The summed E-state index contributed by atoms with van der Waals surface area (Å²) in [7, 11) is 0. The van der Waals surface area contributed by atoms with E-state index in [0.29, 0.717) is 5.69 Å². The summed E-state index contributed by atoms with van der Waals surface area (Å²) in [6, 6.07) is 0. The summed E-state index contributed by atoms with van der Waals surface area (Å²) in [6.07, 6.45) is 4.69. The van der Waals surface area contributed by atoms with Crippen LogP contribution >= 0.6 is 15.9 Å². The van der Waals surface area contributed by atoms with Crippen LogP contribution in [0.1, 0.15) is 18.7 Å². The van der Waals surface area contributed by atoms with Gasteiger partial charge in [-0.1, -0.05) is 0 Å². The molecule has 0 radical (unpaired) electrons. The maximum Gasteiger partial charge on any atom is 0.155 e. The first-order chi connectivity index (χ1) is 6.16. The van der Waals surface area contributed by atoms with Crippen molar-refractivity contribution in [3.63, 3.8) is 0 Å². The first kappa shape index (κ1) is 8.65. The molecule has 1 N–H and O–H groups in total. The van der Waals surface area contributed by atoms with Gasteiger partial charge >= 0.3 is 0 Å². The van der Waals surface area contributed by atoms with E-state index >= 15 is 0 Å². The molecule has 4 nitrogen and oxygen atoms in total. The Morgan fingerprint density at radius 3 is 3.00 bits per heavy atom. The molecule has 2 aromatic heterocycles. The Hall–Kier alpha value is -0.940. The lowest BCUT2D eigenvalue weighted by molar-refractivity contribution is 0.195. The van der Waals surface area contributed by atoms with Crippen molar-refractivity contribution in [3.8, 4) is 0 Å². The third kappa shape index (κ3) is 1.57. The molecule has 5 heteroatoms. The summed E-state index contributed by atoms with van der Waals surface area (Å²) in [5, 5.41) is 9.29. The topological polar surface area (TPSA) is 50.4 Å². The van der Waals surface area contributed by atoms with Gasteiger partial charge in [0.15, 0.2) is 5.65 Å². The lowest BCUT2D eigenvalue weighted by Gasteiger charge is -1.94. The predicted molar refractivity (Wildman–Crippen MR) is 51.3 cm³/mol. The van der Waals surface area contributed by atoms with Crippen LogP contribution in [0.3, 0.4) is 0 Å². The minimum Gasteiger partial charge on any atom is -0.387 e. The van der Waals surface area contributed by atoms with Crippen LogP contribution in [0.25, 0.3) is 5.65 Å². The van der Waals surface area contributed by atoms with Gasteiger partial charge in [0.25, 0.3) is 0 Å². The lowest BCUT2D eigenvalue weighted by atomic mass is 10.3. The summed E-state index contributed by atoms with van der Waals surface area (Å²) in [4.78, 5) is 8.21. The highest BCUT2D eigenvalue weighted by molar-refractivity contribution is 9.10. The maximum absolute atomic E-state index is 9.29. The van der Waals surface area contributed by atoms with Gasteiger partial charge in [-0.2, -0.15) is 0 Å². The maximum atomic E-state index is 9.29. The number of nitrogens with zero attached hydrogens (tertiary/aromatic N) is 3. The number of aliphatic hydroxyl groups is 1. The molecule has 0 bridgehead atoms. The molecule has 1 unspecified atom stereocenters. The van der Waals surface area contributed by atoms with Crippen molar-refractivity contribution in [2.45, 2.75) is 13.0 Å². The molecular formula is C8H8BrN3O. The average Bonchev–Trinajstić information content (AvgIpc) is 2.46. The highest BCUT2D eigenvalue weighted by atomic mass is 79.9. The molecular weight excluding hydrogens is 234 g/mol. The van der Waals surface area contributed by atoms with E-state index in [2.05, 4.69) is 25.9 Å². The SMILES string of the molecule is CC(O)c1cn2cc(Br)ncc2n1. The van der Waals surface area contributed by atoms with E-state index in [4.69, 9.17) is 0 Å². The van der Waals surface area contributed by atoms with Gasteiger partial charge in [0, 0.05) is 12.4 Å². The van der Waals surface area contributed by atoms with Gasteiger partial charge in [-0.25, -0.2) is 9.97 Å². The quantitative estimate of drug-likeness (QED) is 0.825. The van der Waals surface area contributed by atoms with Gasteiger partial charge in [-0.3, -0.25) is 0 Å². The molecule has 2 rings (SSSR count). The zero-order valence-electron chi connectivity index (χ0n) is 6.98. The number of hydrogen-bond acceptors (Lipinski definition) is 3. The fourth-order valence-electron chi connectivity index (χ4n) is 1.10. The Kier molecular flexibility index (Phi) is 2.05. The van der Waals surface area contributed by atoms with Crippen molar-refractivity contribution in [3.05, 3.63) is 28.9 Å². The molecule has 13 heavy (non-hydrogen) atoms. The summed E-state index contributed by atoms with van der Waals surface area (Å²) < 4.78 is 2.56. The van der Waals surface area contributed by atoms with E-state index in [9.17, 15) is 5.11 Å². The first-order valence-corrected chi connectivity index (χ1v) is 4.64. The molecule has 0 saturated carbocycles. The molecule has 68 valence electrons. The lowest BCUT2D eigenvalue weighted by Crippen LogP contribution is -1.89. The number of imidazole rings is 1. The van der Waals surface area contributed by atoms with Crippen LogP contribution in [0.15, 0.2) is 23.2 Å². The van der Waals surface area contributed by atoms with Gasteiger partial charge in [0.1, 0.15) is 4.60 Å². The third-order valence-electron chi connectivity index (χ3n) is 1.76. The van der Waals surface area contributed by atoms with E-state index in [1.54, 1.807) is 25.5 Å². The monoisotopic (exact) mass is 241 g/mol. The van der Waals surface area contributed by atoms with E-state index in [-0.39, 0.29) is 0 Å².